The maximum absolute atomic E-state index is 12.1. The number of carbonyl (C=O) groups excluding carboxylic acids is 1. The molecule has 0 saturated heterocycles. The number of aromatic nitrogens is 2. The third kappa shape index (κ3) is 3.50. The second-order valence-electron chi connectivity index (χ2n) is 5.26. The minimum Gasteiger partial charge on any atom is -0.454 e. The zero-order valence-corrected chi connectivity index (χ0v) is 13.0. The van der Waals surface area contributed by atoms with Crippen LogP contribution in [0.15, 0.2) is 30.6 Å². The summed E-state index contributed by atoms with van der Waals surface area (Å²) in [7, 11) is 0. The van der Waals surface area contributed by atoms with Crippen LogP contribution < -0.4 is 20.1 Å². The fraction of sp³-hybridized carbons (Fsp3) is 0.312. The fourth-order valence-electron chi connectivity index (χ4n) is 2.07. The van der Waals surface area contributed by atoms with Crippen molar-refractivity contribution in [3.63, 3.8) is 0 Å². The van der Waals surface area contributed by atoms with Gasteiger partial charge in [-0.15, -0.1) is 0 Å². The van der Waals surface area contributed by atoms with Gasteiger partial charge in [0.05, 0.1) is 0 Å². The molecule has 0 saturated carbocycles. The van der Waals surface area contributed by atoms with Crippen LogP contribution in [0.5, 0.6) is 11.5 Å². The maximum atomic E-state index is 12.1. The van der Waals surface area contributed by atoms with Crippen molar-refractivity contribution in [2.45, 2.75) is 26.3 Å². The molecule has 1 aromatic carbocycles. The van der Waals surface area contributed by atoms with Gasteiger partial charge in [0, 0.05) is 23.9 Å². The maximum Gasteiger partial charge on any atom is 0.270 e. The molecule has 1 atom stereocenters. The largest absolute Gasteiger partial charge is 0.454 e. The summed E-state index contributed by atoms with van der Waals surface area (Å²) < 4.78 is 10.6. The molecule has 0 aliphatic carbocycles. The molecule has 3 rings (SSSR count). The van der Waals surface area contributed by atoms with Gasteiger partial charge in [-0.2, -0.15) is 0 Å². The highest BCUT2D eigenvalue weighted by Gasteiger charge is 2.14. The average molecular weight is 314 g/mol. The van der Waals surface area contributed by atoms with Gasteiger partial charge >= 0.3 is 0 Å². The van der Waals surface area contributed by atoms with Crippen molar-refractivity contribution < 1.29 is 14.3 Å². The van der Waals surface area contributed by atoms with Crippen LogP contribution in [0.3, 0.4) is 0 Å². The van der Waals surface area contributed by atoms with E-state index in [9.17, 15) is 4.79 Å². The predicted octanol–water partition coefficient (Wildman–Crippen LogP) is 2.48. The Morgan fingerprint density at radius 3 is 2.91 bits per heavy atom. The molecule has 1 amide bonds. The van der Waals surface area contributed by atoms with Crippen LogP contribution in [0.4, 0.5) is 11.5 Å². The number of amides is 1. The molecule has 7 nitrogen and oxygen atoms in total. The Hall–Kier alpha value is -2.83. The number of hydrogen-bond donors (Lipinski definition) is 2. The van der Waals surface area contributed by atoms with Crippen molar-refractivity contribution >= 4 is 17.4 Å². The van der Waals surface area contributed by atoms with E-state index >= 15 is 0 Å². The van der Waals surface area contributed by atoms with E-state index in [1.54, 1.807) is 6.07 Å². The molecular weight excluding hydrogens is 296 g/mol. The predicted molar refractivity (Wildman–Crippen MR) is 85.1 cm³/mol. The molecule has 120 valence electrons. The lowest BCUT2D eigenvalue weighted by atomic mass is 10.2. The van der Waals surface area contributed by atoms with Gasteiger partial charge in [-0.25, -0.2) is 9.97 Å². The van der Waals surface area contributed by atoms with Crippen molar-refractivity contribution in [2.24, 2.45) is 0 Å². The van der Waals surface area contributed by atoms with Gasteiger partial charge in [-0.1, -0.05) is 6.92 Å². The molecular formula is C16H18N4O3. The highest BCUT2D eigenvalue weighted by Crippen LogP contribution is 2.34. The first-order valence-electron chi connectivity index (χ1n) is 7.45. The van der Waals surface area contributed by atoms with Crippen molar-refractivity contribution in [1.82, 2.24) is 15.3 Å². The van der Waals surface area contributed by atoms with Crippen LogP contribution >= 0.6 is 0 Å². The Labute approximate surface area is 134 Å². The van der Waals surface area contributed by atoms with E-state index in [1.165, 1.54) is 6.33 Å². The Balaban J connectivity index is 1.73. The summed E-state index contributed by atoms with van der Waals surface area (Å²) >= 11 is 0. The smallest absolute Gasteiger partial charge is 0.270 e. The van der Waals surface area contributed by atoms with Gasteiger partial charge in [0.1, 0.15) is 17.8 Å². The number of ether oxygens (including phenoxy) is 2. The minimum absolute atomic E-state index is 0.0998. The number of benzene rings is 1. The van der Waals surface area contributed by atoms with Crippen LogP contribution in [-0.4, -0.2) is 28.7 Å². The topological polar surface area (TPSA) is 85.4 Å². The zero-order valence-electron chi connectivity index (χ0n) is 13.0. The van der Waals surface area contributed by atoms with Gasteiger partial charge in [-0.05, 0) is 25.5 Å². The highest BCUT2D eigenvalue weighted by molar-refractivity contribution is 5.93. The van der Waals surface area contributed by atoms with Crippen molar-refractivity contribution in [3.8, 4) is 11.5 Å². The SMILES string of the molecule is CCC(C)NC(=O)c1cc(Nc2ccc3c(c2)OCO3)ncn1. The molecule has 0 radical (unpaired) electrons. The van der Waals surface area contributed by atoms with Crippen LogP contribution in [0.1, 0.15) is 30.8 Å². The number of nitrogens with zero attached hydrogens (tertiary/aromatic N) is 2. The Morgan fingerprint density at radius 1 is 1.26 bits per heavy atom. The third-order valence-electron chi connectivity index (χ3n) is 3.53. The number of rotatable bonds is 5. The molecule has 0 fully saturated rings. The zero-order chi connectivity index (χ0) is 16.2. The molecule has 7 heteroatoms. The molecule has 1 aliphatic heterocycles. The number of hydrogen-bond acceptors (Lipinski definition) is 6. The number of anilines is 2. The van der Waals surface area contributed by atoms with E-state index in [0.717, 1.165) is 12.1 Å². The van der Waals surface area contributed by atoms with Crippen molar-refractivity contribution in [1.29, 1.82) is 0 Å². The number of fused-ring (bicyclic) bond motifs is 1. The molecule has 2 aromatic rings. The van der Waals surface area contributed by atoms with E-state index in [1.807, 2.05) is 32.0 Å². The van der Waals surface area contributed by atoms with E-state index in [4.69, 9.17) is 9.47 Å². The van der Waals surface area contributed by atoms with E-state index < -0.39 is 0 Å². The quantitative estimate of drug-likeness (QED) is 0.882. The van der Waals surface area contributed by atoms with Gasteiger partial charge < -0.3 is 20.1 Å². The summed E-state index contributed by atoms with van der Waals surface area (Å²) in [5.41, 5.74) is 1.12. The summed E-state index contributed by atoms with van der Waals surface area (Å²) in [5.74, 6) is 1.72. The standard InChI is InChI=1S/C16H18N4O3/c1-3-10(2)19-16(21)12-7-15(18-8-17-12)20-11-4-5-13-14(6-11)23-9-22-13/h4-8,10H,3,9H2,1-2H3,(H,19,21)(H,17,18,20). The second kappa shape index (κ2) is 6.51. The minimum atomic E-state index is -0.213. The molecule has 0 spiro atoms. The Kier molecular flexibility index (Phi) is 4.27. The Bertz CT molecular complexity index is 720. The monoisotopic (exact) mass is 314 g/mol. The van der Waals surface area contributed by atoms with Gasteiger partial charge in [0.25, 0.3) is 5.91 Å². The summed E-state index contributed by atoms with van der Waals surface area (Å²) in [6.07, 6.45) is 2.22. The van der Waals surface area contributed by atoms with Crippen LogP contribution in [0.25, 0.3) is 0 Å². The van der Waals surface area contributed by atoms with Crippen LogP contribution in [-0.2, 0) is 0 Å². The second-order valence-corrected chi connectivity index (χ2v) is 5.26. The van der Waals surface area contributed by atoms with E-state index in [2.05, 4.69) is 20.6 Å². The van der Waals surface area contributed by atoms with Crippen molar-refractivity contribution in [3.05, 3.63) is 36.3 Å². The van der Waals surface area contributed by atoms with Crippen LogP contribution in [0.2, 0.25) is 0 Å². The molecule has 1 aliphatic rings. The lowest BCUT2D eigenvalue weighted by Crippen LogP contribution is -2.32. The lowest BCUT2D eigenvalue weighted by Gasteiger charge is -2.11. The molecule has 1 aromatic heterocycles. The van der Waals surface area contributed by atoms with Gasteiger partial charge in [0.15, 0.2) is 11.5 Å². The Morgan fingerprint density at radius 2 is 2.09 bits per heavy atom. The molecule has 2 heterocycles. The fourth-order valence-corrected chi connectivity index (χ4v) is 2.07. The van der Waals surface area contributed by atoms with Gasteiger partial charge in [0.2, 0.25) is 6.79 Å². The first-order valence-corrected chi connectivity index (χ1v) is 7.45. The first-order chi connectivity index (χ1) is 11.2. The normalized spacial score (nSPS) is 13.5. The summed E-state index contributed by atoms with van der Waals surface area (Å²) in [6, 6.07) is 7.21. The molecule has 0 bridgehead atoms. The van der Waals surface area contributed by atoms with E-state index in [-0.39, 0.29) is 18.7 Å². The van der Waals surface area contributed by atoms with Gasteiger partial charge in [-0.3, -0.25) is 4.79 Å². The summed E-state index contributed by atoms with van der Waals surface area (Å²) in [4.78, 5) is 20.3. The summed E-state index contributed by atoms with van der Waals surface area (Å²) in [6.45, 7) is 4.19. The third-order valence-corrected chi connectivity index (χ3v) is 3.53. The first kappa shape index (κ1) is 15.1. The summed E-state index contributed by atoms with van der Waals surface area (Å²) in [5, 5.41) is 6.01. The number of carbonyl (C=O) groups is 1. The average Bonchev–Trinajstić information content (AvgIpc) is 3.02. The van der Waals surface area contributed by atoms with Crippen molar-refractivity contribution in [2.75, 3.05) is 12.1 Å². The highest BCUT2D eigenvalue weighted by atomic mass is 16.7. The molecule has 2 N–H and O–H groups in total. The number of nitrogens with one attached hydrogen (secondary N) is 2. The van der Waals surface area contributed by atoms with Crippen LogP contribution in [0, 0.1) is 0 Å². The lowest BCUT2D eigenvalue weighted by molar-refractivity contribution is 0.0934. The molecule has 1 unspecified atom stereocenters. The van der Waals surface area contributed by atoms with E-state index in [0.29, 0.717) is 23.0 Å². The molecule has 23 heavy (non-hydrogen) atoms.